The van der Waals surface area contributed by atoms with Crippen LogP contribution in [0.25, 0.3) is 11.1 Å². The summed E-state index contributed by atoms with van der Waals surface area (Å²) in [6, 6.07) is 24.0. The maximum absolute atomic E-state index is 15.3. The molecule has 0 unspecified atom stereocenters. The first kappa shape index (κ1) is 38.9. The van der Waals surface area contributed by atoms with Crippen LogP contribution in [0, 0.1) is 16.9 Å². The van der Waals surface area contributed by atoms with E-state index in [4.69, 9.17) is 37.4 Å². The second kappa shape index (κ2) is 16.8. The van der Waals surface area contributed by atoms with E-state index in [-0.39, 0.29) is 46.3 Å². The molecule has 3 fully saturated rings. The summed E-state index contributed by atoms with van der Waals surface area (Å²) in [4.78, 5) is 30.3. The van der Waals surface area contributed by atoms with Gasteiger partial charge in [0, 0.05) is 18.0 Å². The van der Waals surface area contributed by atoms with Gasteiger partial charge < -0.3 is 24.5 Å². The highest BCUT2D eigenvalue weighted by molar-refractivity contribution is 6.35. The largest absolute Gasteiger partial charge is 0.619 e. The van der Waals surface area contributed by atoms with Crippen molar-refractivity contribution in [3.63, 3.8) is 0 Å². The minimum absolute atomic E-state index is 0.0216. The van der Waals surface area contributed by atoms with Crippen molar-refractivity contribution in [3.8, 4) is 22.6 Å². The molecule has 2 atom stereocenters. The van der Waals surface area contributed by atoms with Crippen molar-refractivity contribution < 1.29 is 38.0 Å². The van der Waals surface area contributed by atoms with Gasteiger partial charge in [-0.2, -0.15) is 4.73 Å². The molecule has 0 radical (unpaired) electrons. The van der Waals surface area contributed by atoms with Crippen LogP contribution in [0.2, 0.25) is 10.0 Å². The Morgan fingerprint density at radius 3 is 2.30 bits per heavy atom. The maximum Gasteiger partial charge on any atom is 0.415 e. The van der Waals surface area contributed by atoms with Crippen molar-refractivity contribution >= 4 is 41.0 Å². The van der Waals surface area contributed by atoms with Gasteiger partial charge >= 0.3 is 12.1 Å². The first-order valence-corrected chi connectivity index (χ1v) is 19.0. The summed E-state index contributed by atoms with van der Waals surface area (Å²) in [7, 11) is 3.03. The number of carboxylic acid groups (broad SMARTS) is 1. The topological polar surface area (TPSA) is 115 Å². The average molecular weight is 801 g/mol. The summed E-state index contributed by atoms with van der Waals surface area (Å²) in [5.74, 6) is -1.13. The number of amides is 1. The van der Waals surface area contributed by atoms with Crippen molar-refractivity contribution in [1.82, 2.24) is 4.90 Å². The average Bonchev–Trinajstić information content (AvgIpc) is 3.20. The summed E-state index contributed by atoms with van der Waals surface area (Å²) >= 11 is 13.1. The third-order valence-corrected chi connectivity index (χ3v) is 11.4. The molecule has 3 saturated heterocycles. The Morgan fingerprint density at radius 2 is 1.64 bits per heavy atom. The molecule has 8 rings (SSSR count). The molecule has 13 heteroatoms. The van der Waals surface area contributed by atoms with E-state index in [0.717, 1.165) is 31.5 Å². The molecule has 0 spiro atoms. The summed E-state index contributed by atoms with van der Waals surface area (Å²) < 4.78 is 33.0. The molecule has 0 aliphatic carbocycles. The number of anilines is 1. The van der Waals surface area contributed by atoms with Gasteiger partial charge in [-0.1, -0.05) is 65.7 Å². The zero-order valence-electron chi connectivity index (χ0n) is 30.8. The van der Waals surface area contributed by atoms with E-state index >= 15 is 4.39 Å². The third kappa shape index (κ3) is 8.26. The van der Waals surface area contributed by atoms with Crippen molar-refractivity contribution in [2.75, 3.05) is 38.8 Å². The minimum atomic E-state index is -1.14. The van der Waals surface area contributed by atoms with Crippen LogP contribution >= 0.6 is 23.2 Å². The Bertz CT molecular complexity index is 2240. The number of pyridine rings is 1. The smallest absolute Gasteiger partial charge is 0.415 e. The number of piperidine rings is 3. The molecule has 0 saturated carbocycles. The normalized spacial score (nSPS) is 17.9. The Morgan fingerprint density at radius 1 is 0.929 bits per heavy atom. The lowest BCUT2D eigenvalue weighted by Crippen LogP contribution is -2.53. The van der Waals surface area contributed by atoms with Crippen molar-refractivity contribution in [3.05, 3.63) is 146 Å². The highest BCUT2D eigenvalue weighted by Gasteiger charge is 2.38. The minimum Gasteiger partial charge on any atom is -0.619 e. The highest BCUT2D eigenvalue weighted by Crippen LogP contribution is 2.40. The molecule has 3 aliphatic rings. The first-order chi connectivity index (χ1) is 27.0. The lowest BCUT2D eigenvalue weighted by atomic mass is 9.82. The van der Waals surface area contributed by atoms with Gasteiger partial charge in [0.15, 0.2) is 23.9 Å². The number of carbonyl (C=O) groups excluding carboxylic acids is 1. The summed E-state index contributed by atoms with van der Waals surface area (Å²) in [6.45, 7) is 2.66. The van der Waals surface area contributed by atoms with Crippen LogP contribution in [0.3, 0.4) is 0 Å². The van der Waals surface area contributed by atoms with E-state index in [9.17, 15) is 19.9 Å². The van der Waals surface area contributed by atoms with E-state index in [1.165, 1.54) is 37.6 Å². The van der Waals surface area contributed by atoms with Crippen LogP contribution in [-0.2, 0) is 17.7 Å². The number of methoxy groups -OCH3 is 2. The van der Waals surface area contributed by atoms with Crippen LogP contribution in [0.5, 0.6) is 11.5 Å². The number of fused-ring (bicyclic) bond motifs is 3. The third-order valence-electron chi connectivity index (χ3n) is 10.7. The van der Waals surface area contributed by atoms with Crippen molar-refractivity contribution in [2.45, 2.75) is 37.8 Å². The predicted molar refractivity (Wildman–Crippen MR) is 211 cm³/mol. The van der Waals surface area contributed by atoms with Crippen molar-refractivity contribution in [1.29, 1.82) is 0 Å². The predicted octanol–water partition coefficient (Wildman–Crippen LogP) is 8.76. The van der Waals surface area contributed by atoms with E-state index in [2.05, 4.69) is 4.90 Å². The molecule has 2 bridgehead atoms. The van der Waals surface area contributed by atoms with Crippen molar-refractivity contribution in [2.24, 2.45) is 5.92 Å². The fourth-order valence-corrected chi connectivity index (χ4v) is 8.42. The maximum atomic E-state index is 15.3. The summed E-state index contributed by atoms with van der Waals surface area (Å²) in [5.41, 5.74) is 3.87. The van der Waals surface area contributed by atoms with Crippen LogP contribution in [0.1, 0.15) is 51.4 Å². The molecule has 290 valence electrons. The van der Waals surface area contributed by atoms with Gasteiger partial charge in [-0.15, -0.1) is 0 Å². The SMILES string of the molecule is COc1ccc([C@H](Cc2c(Cl)c[n+]([O-])cc2Cl)c2cc(-c3cccc(CN(C(=O)O[C@H]4CN5CCC4CC5)c4ccccc4F)c3)ccc2C(=O)O)cc1OC. The fraction of sp³-hybridized carbons (Fsp3) is 0.279. The number of hydrogen-bond donors (Lipinski definition) is 1. The number of aromatic carboxylic acids is 1. The molecule has 5 aromatic rings. The molecule has 1 aromatic heterocycles. The molecule has 1 amide bonds. The molecule has 10 nitrogen and oxygen atoms in total. The second-order valence-corrected chi connectivity index (χ2v) is 14.9. The Balaban J connectivity index is 1.27. The van der Waals surface area contributed by atoms with Gasteiger partial charge in [0.1, 0.15) is 22.0 Å². The zero-order valence-corrected chi connectivity index (χ0v) is 32.3. The van der Waals surface area contributed by atoms with E-state index in [1.54, 1.807) is 48.5 Å². The summed E-state index contributed by atoms with van der Waals surface area (Å²) in [6.07, 6.45) is 3.57. The highest BCUT2D eigenvalue weighted by atomic mass is 35.5. The Kier molecular flexibility index (Phi) is 11.7. The monoisotopic (exact) mass is 799 g/mol. The molecule has 56 heavy (non-hydrogen) atoms. The van der Waals surface area contributed by atoms with Gasteiger partial charge in [-0.25, -0.2) is 14.0 Å². The number of halogens is 3. The first-order valence-electron chi connectivity index (χ1n) is 18.2. The van der Waals surface area contributed by atoms with Crippen LogP contribution in [-0.4, -0.2) is 62.0 Å². The zero-order chi connectivity index (χ0) is 39.5. The fourth-order valence-electron chi connectivity index (χ4n) is 7.82. The number of aromatic nitrogens is 1. The molecule has 4 heterocycles. The number of nitrogens with zero attached hydrogens (tertiary/aromatic N) is 3. The number of carboxylic acids is 1. The number of hydrogen-bond acceptors (Lipinski definition) is 7. The van der Waals surface area contributed by atoms with E-state index < -0.39 is 23.8 Å². The van der Waals surface area contributed by atoms with Gasteiger partial charge in [0.05, 0.1) is 32.0 Å². The number of carbonyl (C=O) groups is 2. The molecule has 1 N–H and O–H groups in total. The van der Waals surface area contributed by atoms with E-state index in [0.29, 0.717) is 50.6 Å². The Hall–Kier alpha value is -5.36. The lowest BCUT2D eigenvalue weighted by Gasteiger charge is -2.44. The van der Waals surface area contributed by atoms with Crippen LogP contribution in [0.4, 0.5) is 14.9 Å². The molecular weight excluding hydrogens is 760 g/mol. The standard InChI is InChI=1S/C43H40Cl2FN3O7/c1-54-39-13-11-30(20-40(39)55-2)32(21-34-35(44)23-48(53)24-36(34)45)33-19-29(10-12-31(33)42(50)51)28-7-5-6-26(18-28)22-49(38-9-4-3-8-37(38)46)43(52)56-41-25-47-16-14-27(41)15-17-47/h3-13,18-20,23-24,27,32,41H,14-17,21-22,25H2,1-2H3,(H,50,51)/t32-,41-/m0/s1. The quantitative estimate of drug-likeness (QED) is 0.0985. The lowest BCUT2D eigenvalue weighted by molar-refractivity contribution is -0.605. The van der Waals surface area contributed by atoms with Gasteiger partial charge in [0.25, 0.3) is 0 Å². The summed E-state index contributed by atoms with van der Waals surface area (Å²) in [5, 5.41) is 22.9. The number of rotatable bonds is 12. The Labute approximate surface area is 334 Å². The number of benzene rings is 4. The van der Waals surface area contributed by atoms with E-state index in [1.807, 2.05) is 30.3 Å². The van der Waals surface area contributed by atoms with Crippen LogP contribution in [0.15, 0.2) is 97.3 Å². The van der Waals surface area contributed by atoms with Crippen LogP contribution < -0.4 is 19.1 Å². The number of ether oxygens (including phenoxy) is 3. The van der Waals surface area contributed by atoms with Gasteiger partial charge in [-0.05, 0) is 109 Å². The molecule has 4 aromatic carbocycles. The van der Waals surface area contributed by atoms with Gasteiger partial charge in [0.2, 0.25) is 0 Å². The molecular formula is C43H40Cl2FN3O7. The second-order valence-electron chi connectivity index (χ2n) is 14.1. The van der Waals surface area contributed by atoms with Gasteiger partial charge in [-0.3, -0.25) is 9.80 Å². The molecule has 3 aliphatic heterocycles. The number of para-hydroxylation sites is 1.